The van der Waals surface area contributed by atoms with Crippen LogP contribution in [0.4, 0.5) is 0 Å². The van der Waals surface area contributed by atoms with Gasteiger partial charge in [0.05, 0.1) is 6.61 Å². The maximum atomic E-state index is 12.0. The zero-order valence-electron chi connectivity index (χ0n) is 9.03. The Labute approximate surface area is 93.4 Å². The largest absolute Gasteiger partial charge is 0.464 e. The number of rotatable bonds is 2. The van der Waals surface area contributed by atoms with Gasteiger partial charge < -0.3 is 10.5 Å². The van der Waals surface area contributed by atoms with Crippen molar-refractivity contribution < 1.29 is 14.3 Å². The summed E-state index contributed by atoms with van der Waals surface area (Å²) in [5.74, 6) is -0.988. The maximum Gasteiger partial charge on any atom is 0.334 e. The van der Waals surface area contributed by atoms with Gasteiger partial charge in [-0.25, -0.2) is 4.79 Å². The van der Waals surface area contributed by atoms with E-state index in [1.807, 2.05) is 6.07 Å². The van der Waals surface area contributed by atoms with Gasteiger partial charge in [-0.3, -0.25) is 4.79 Å². The molecule has 84 valence electrons. The molecule has 1 aromatic carbocycles. The number of carbonyl (C=O) groups excluding carboxylic acids is 2. The fourth-order valence-corrected chi connectivity index (χ4v) is 1.94. The highest BCUT2D eigenvalue weighted by atomic mass is 16.5. The minimum Gasteiger partial charge on any atom is -0.464 e. The standard InChI is InChI=1S/C12H13NO3/c1-2-16-11(15)12(13)7-8-5-3-4-6-9(8)10(12)14/h3-6H,2,7,13H2,1H3. The quantitative estimate of drug-likeness (QED) is 0.586. The Bertz CT molecular complexity index is 455. The van der Waals surface area contributed by atoms with E-state index in [4.69, 9.17) is 10.5 Å². The molecule has 0 radical (unpaired) electrons. The van der Waals surface area contributed by atoms with Crippen LogP contribution in [0.15, 0.2) is 24.3 Å². The average molecular weight is 219 g/mol. The van der Waals surface area contributed by atoms with Crippen molar-refractivity contribution in [2.24, 2.45) is 5.73 Å². The van der Waals surface area contributed by atoms with E-state index in [-0.39, 0.29) is 18.8 Å². The Balaban J connectivity index is 2.37. The Morgan fingerprint density at radius 2 is 2.19 bits per heavy atom. The summed E-state index contributed by atoms with van der Waals surface area (Å²) in [4.78, 5) is 23.7. The van der Waals surface area contributed by atoms with Crippen LogP contribution in [0.25, 0.3) is 0 Å². The third kappa shape index (κ3) is 1.42. The number of hydrogen-bond donors (Lipinski definition) is 1. The molecule has 4 heteroatoms. The summed E-state index contributed by atoms with van der Waals surface area (Å²) in [5, 5.41) is 0. The Kier molecular flexibility index (Phi) is 2.52. The van der Waals surface area contributed by atoms with E-state index in [9.17, 15) is 9.59 Å². The topological polar surface area (TPSA) is 69.4 Å². The molecule has 1 atom stereocenters. The lowest BCUT2D eigenvalue weighted by molar-refractivity contribution is -0.147. The monoisotopic (exact) mass is 219 g/mol. The summed E-state index contributed by atoms with van der Waals surface area (Å²) >= 11 is 0. The average Bonchev–Trinajstić information content (AvgIpc) is 2.54. The van der Waals surface area contributed by atoms with Crippen molar-refractivity contribution in [2.75, 3.05) is 6.61 Å². The summed E-state index contributed by atoms with van der Waals surface area (Å²) < 4.78 is 4.85. The molecular weight excluding hydrogens is 206 g/mol. The fraction of sp³-hybridized carbons (Fsp3) is 0.333. The van der Waals surface area contributed by atoms with Crippen LogP contribution in [0.3, 0.4) is 0 Å². The van der Waals surface area contributed by atoms with Crippen molar-refractivity contribution >= 4 is 11.8 Å². The van der Waals surface area contributed by atoms with Gasteiger partial charge in [-0.2, -0.15) is 0 Å². The molecule has 4 nitrogen and oxygen atoms in total. The van der Waals surface area contributed by atoms with E-state index in [0.717, 1.165) is 5.56 Å². The molecule has 0 aromatic heterocycles. The number of hydrogen-bond acceptors (Lipinski definition) is 4. The van der Waals surface area contributed by atoms with Gasteiger partial charge in [0.25, 0.3) is 0 Å². The van der Waals surface area contributed by atoms with Crippen molar-refractivity contribution in [3.8, 4) is 0 Å². The second-order valence-electron chi connectivity index (χ2n) is 3.85. The van der Waals surface area contributed by atoms with Crippen molar-refractivity contribution in [2.45, 2.75) is 18.9 Å². The first-order valence-electron chi connectivity index (χ1n) is 5.18. The molecule has 0 aliphatic heterocycles. The first kappa shape index (κ1) is 10.8. The van der Waals surface area contributed by atoms with Crippen LogP contribution in [0.5, 0.6) is 0 Å². The van der Waals surface area contributed by atoms with Gasteiger partial charge in [-0.15, -0.1) is 0 Å². The number of carbonyl (C=O) groups is 2. The van der Waals surface area contributed by atoms with Gasteiger partial charge in [-0.05, 0) is 12.5 Å². The molecule has 0 saturated heterocycles. The molecule has 0 saturated carbocycles. The molecule has 0 amide bonds. The van der Waals surface area contributed by atoms with Crippen LogP contribution < -0.4 is 5.73 Å². The smallest absolute Gasteiger partial charge is 0.334 e. The van der Waals surface area contributed by atoms with Gasteiger partial charge in [0.15, 0.2) is 11.3 Å². The van der Waals surface area contributed by atoms with Crippen LogP contribution in [0.1, 0.15) is 22.8 Å². The van der Waals surface area contributed by atoms with Crippen molar-refractivity contribution in [3.05, 3.63) is 35.4 Å². The second-order valence-corrected chi connectivity index (χ2v) is 3.85. The van der Waals surface area contributed by atoms with E-state index < -0.39 is 11.5 Å². The normalized spacial score (nSPS) is 23.0. The first-order chi connectivity index (χ1) is 7.59. The summed E-state index contributed by atoms with van der Waals surface area (Å²) in [6.45, 7) is 1.91. The Hall–Kier alpha value is -1.68. The van der Waals surface area contributed by atoms with Crippen molar-refractivity contribution in [1.29, 1.82) is 0 Å². The molecule has 2 N–H and O–H groups in total. The highest BCUT2D eigenvalue weighted by Crippen LogP contribution is 2.29. The third-order valence-corrected chi connectivity index (χ3v) is 2.78. The lowest BCUT2D eigenvalue weighted by atomic mass is 9.96. The number of ketones is 1. The summed E-state index contributed by atoms with van der Waals surface area (Å²) in [7, 11) is 0. The van der Waals surface area contributed by atoms with Crippen LogP contribution >= 0.6 is 0 Å². The van der Waals surface area contributed by atoms with E-state index in [1.165, 1.54) is 0 Å². The number of fused-ring (bicyclic) bond motifs is 1. The summed E-state index contributed by atoms with van der Waals surface area (Å²) in [6, 6.07) is 7.07. The minimum atomic E-state index is -1.53. The van der Waals surface area contributed by atoms with Crippen molar-refractivity contribution in [3.63, 3.8) is 0 Å². The van der Waals surface area contributed by atoms with E-state index in [1.54, 1.807) is 25.1 Å². The zero-order chi connectivity index (χ0) is 11.8. The van der Waals surface area contributed by atoms with Crippen LogP contribution in [0.2, 0.25) is 0 Å². The molecule has 0 fully saturated rings. The predicted molar refractivity (Wildman–Crippen MR) is 58.0 cm³/mol. The highest BCUT2D eigenvalue weighted by molar-refractivity contribution is 6.19. The number of ether oxygens (including phenoxy) is 1. The lowest BCUT2D eigenvalue weighted by Crippen LogP contribution is -2.54. The van der Waals surface area contributed by atoms with Gasteiger partial charge in [0.2, 0.25) is 0 Å². The fourth-order valence-electron chi connectivity index (χ4n) is 1.94. The molecular formula is C12H13NO3. The molecule has 1 unspecified atom stereocenters. The minimum absolute atomic E-state index is 0.223. The van der Waals surface area contributed by atoms with Gasteiger partial charge in [-0.1, -0.05) is 24.3 Å². The molecule has 1 aromatic rings. The number of Topliss-reactive ketones (excluding diaryl/α,β-unsaturated/α-hetero) is 1. The highest BCUT2D eigenvalue weighted by Gasteiger charge is 2.49. The summed E-state index contributed by atoms with van der Waals surface area (Å²) in [5.41, 5.74) is 5.66. The molecule has 16 heavy (non-hydrogen) atoms. The number of esters is 1. The van der Waals surface area contributed by atoms with Gasteiger partial charge in [0, 0.05) is 12.0 Å². The Morgan fingerprint density at radius 1 is 1.50 bits per heavy atom. The van der Waals surface area contributed by atoms with E-state index >= 15 is 0 Å². The molecule has 0 spiro atoms. The molecule has 2 rings (SSSR count). The molecule has 1 aliphatic carbocycles. The maximum absolute atomic E-state index is 12.0. The van der Waals surface area contributed by atoms with Gasteiger partial charge in [0.1, 0.15) is 0 Å². The second kappa shape index (κ2) is 3.72. The van der Waals surface area contributed by atoms with E-state index in [2.05, 4.69) is 0 Å². The SMILES string of the molecule is CCOC(=O)C1(N)Cc2ccccc2C1=O. The molecule has 0 heterocycles. The molecule has 1 aliphatic rings. The third-order valence-electron chi connectivity index (χ3n) is 2.78. The zero-order valence-corrected chi connectivity index (χ0v) is 9.03. The van der Waals surface area contributed by atoms with Crippen LogP contribution in [-0.2, 0) is 16.0 Å². The first-order valence-corrected chi connectivity index (χ1v) is 5.18. The van der Waals surface area contributed by atoms with Gasteiger partial charge >= 0.3 is 5.97 Å². The molecule has 0 bridgehead atoms. The number of benzene rings is 1. The number of nitrogens with two attached hydrogens (primary N) is 1. The summed E-state index contributed by atoms with van der Waals surface area (Å²) in [6.07, 6.45) is 0.223. The van der Waals surface area contributed by atoms with Crippen LogP contribution in [-0.4, -0.2) is 23.9 Å². The van der Waals surface area contributed by atoms with Crippen LogP contribution in [0, 0.1) is 0 Å². The lowest BCUT2D eigenvalue weighted by Gasteiger charge is -2.18. The van der Waals surface area contributed by atoms with E-state index in [0.29, 0.717) is 5.56 Å². The van der Waals surface area contributed by atoms with Crippen molar-refractivity contribution in [1.82, 2.24) is 0 Å². The predicted octanol–water partition coefficient (Wildman–Crippen LogP) is 0.686. The Morgan fingerprint density at radius 3 is 2.81 bits per heavy atom.